The van der Waals surface area contributed by atoms with Crippen LogP contribution in [0.15, 0.2) is 25.3 Å². The molecule has 0 rings (SSSR count). The predicted octanol–water partition coefficient (Wildman–Crippen LogP) is 13.0. The van der Waals surface area contributed by atoms with Crippen LogP contribution in [0.25, 0.3) is 0 Å². The predicted molar refractivity (Wildman–Crippen MR) is 226 cm³/mol. The van der Waals surface area contributed by atoms with Crippen LogP contribution in [-0.2, 0) is 38.1 Å². The van der Waals surface area contributed by atoms with Crippen molar-refractivity contribution < 1.29 is 38.1 Å². The molecule has 0 aliphatic heterocycles. The topological polar surface area (TPSA) is 105 Å². The Balaban J connectivity index is 4.51. The molecule has 0 N–H and O–H groups in total. The maximum absolute atomic E-state index is 12.7. The Morgan fingerprint density at radius 1 is 0.364 bits per heavy atom. The van der Waals surface area contributed by atoms with Crippen molar-refractivity contribution in [1.82, 2.24) is 0 Å². The summed E-state index contributed by atoms with van der Waals surface area (Å²) in [6.07, 6.45) is 39.7. The summed E-state index contributed by atoms with van der Waals surface area (Å²) in [6, 6.07) is 0. The summed E-state index contributed by atoms with van der Waals surface area (Å²) in [7, 11) is 0. The highest BCUT2D eigenvalue weighted by atomic mass is 16.6. The number of ether oxygens (including phenoxy) is 4. The molecule has 0 unspecified atom stereocenters. The third-order valence-corrected chi connectivity index (χ3v) is 10.4. The van der Waals surface area contributed by atoms with Gasteiger partial charge in [0.05, 0.1) is 0 Å². The van der Waals surface area contributed by atoms with E-state index < -0.39 is 29.3 Å². The van der Waals surface area contributed by atoms with Gasteiger partial charge >= 0.3 is 23.9 Å². The van der Waals surface area contributed by atoms with Crippen LogP contribution in [-0.4, -0.2) is 50.3 Å². The van der Waals surface area contributed by atoms with Crippen LogP contribution < -0.4 is 0 Å². The van der Waals surface area contributed by atoms with Crippen LogP contribution in [0.2, 0.25) is 0 Å². The minimum absolute atomic E-state index is 0.244. The van der Waals surface area contributed by atoms with Crippen molar-refractivity contribution in [2.75, 3.05) is 26.4 Å². The van der Waals surface area contributed by atoms with Crippen molar-refractivity contribution in [2.45, 2.75) is 219 Å². The van der Waals surface area contributed by atoms with Crippen molar-refractivity contribution in [2.24, 2.45) is 5.41 Å². The van der Waals surface area contributed by atoms with Gasteiger partial charge in [-0.05, 0) is 12.8 Å². The second kappa shape index (κ2) is 39.6. The molecular formula is C47H84O8. The molecule has 0 amide bonds. The van der Waals surface area contributed by atoms with Crippen molar-refractivity contribution in [3.63, 3.8) is 0 Å². The standard InChI is InChI=1S/C47H84O8/c1-5-9-11-13-15-17-19-21-23-25-27-29-31-33-35-37-45(50)54-41-47(39-52-43(48)7-3,40-53-44(49)8-4)42-55-46(51)38-36-34-32-30-28-26-24-22-20-18-16-14-12-10-6-2/h7-8H,3-6,9-42H2,1-2H3. The Hall–Kier alpha value is -2.64. The monoisotopic (exact) mass is 777 g/mol. The highest BCUT2D eigenvalue weighted by Crippen LogP contribution is 2.23. The molecule has 55 heavy (non-hydrogen) atoms. The Labute approximate surface area is 337 Å². The van der Waals surface area contributed by atoms with Gasteiger partial charge in [0, 0.05) is 25.0 Å². The molecule has 0 bridgehead atoms. The molecule has 0 atom stereocenters. The third kappa shape index (κ3) is 35.5. The number of hydrogen-bond donors (Lipinski definition) is 0. The van der Waals surface area contributed by atoms with Crippen LogP contribution in [0.5, 0.6) is 0 Å². The van der Waals surface area contributed by atoms with E-state index in [2.05, 4.69) is 27.0 Å². The van der Waals surface area contributed by atoms with E-state index in [1.165, 1.54) is 154 Å². The number of rotatable bonds is 42. The van der Waals surface area contributed by atoms with E-state index >= 15 is 0 Å². The Morgan fingerprint density at radius 2 is 0.582 bits per heavy atom. The first-order chi connectivity index (χ1) is 26.8. The Kier molecular flexibility index (Phi) is 37.7. The third-order valence-electron chi connectivity index (χ3n) is 10.4. The molecule has 0 fully saturated rings. The minimum Gasteiger partial charge on any atom is -0.465 e. The molecule has 0 spiro atoms. The van der Waals surface area contributed by atoms with Gasteiger partial charge in [-0.15, -0.1) is 0 Å². The van der Waals surface area contributed by atoms with Crippen molar-refractivity contribution in [3.8, 4) is 0 Å². The number of esters is 4. The molecule has 0 radical (unpaired) electrons. The fourth-order valence-corrected chi connectivity index (χ4v) is 6.71. The molecule has 8 nitrogen and oxygen atoms in total. The van der Waals surface area contributed by atoms with Crippen LogP contribution in [0.3, 0.4) is 0 Å². The summed E-state index contributed by atoms with van der Waals surface area (Å²) in [6.45, 7) is 10.3. The van der Waals surface area contributed by atoms with Crippen LogP contribution in [0.1, 0.15) is 219 Å². The van der Waals surface area contributed by atoms with Gasteiger partial charge in [0.25, 0.3) is 0 Å². The summed E-state index contributed by atoms with van der Waals surface area (Å²) in [5.74, 6) is -2.16. The van der Waals surface area contributed by atoms with Gasteiger partial charge < -0.3 is 18.9 Å². The Bertz CT molecular complexity index is 885. The lowest BCUT2D eigenvalue weighted by Crippen LogP contribution is -2.43. The molecule has 0 saturated carbocycles. The van der Waals surface area contributed by atoms with E-state index in [1.807, 2.05) is 0 Å². The zero-order valence-corrected chi connectivity index (χ0v) is 35.8. The first kappa shape index (κ1) is 52.4. The molecule has 0 aromatic carbocycles. The van der Waals surface area contributed by atoms with Gasteiger partial charge in [0.1, 0.15) is 31.8 Å². The van der Waals surface area contributed by atoms with E-state index in [4.69, 9.17) is 18.9 Å². The van der Waals surface area contributed by atoms with Crippen LogP contribution >= 0.6 is 0 Å². The fourth-order valence-electron chi connectivity index (χ4n) is 6.71. The molecule has 0 saturated heterocycles. The quantitative estimate of drug-likeness (QED) is 0.0261. The number of carbonyl (C=O) groups is 4. The molecule has 0 heterocycles. The summed E-state index contributed by atoms with van der Waals surface area (Å²) < 4.78 is 21.9. The molecule has 0 aliphatic rings. The van der Waals surface area contributed by atoms with E-state index in [-0.39, 0.29) is 39.3 Å². The summed E-state index contributed by atoms with van der Waals surface area (Å²) >= 11 is 0. The van der Waals surface area contributed by atoms with Gasteiger partial charge in [-0.25, -0.2) is 9.59 Å². The lowest BCUT2D eigenvalue weighted by atomic mass is 9.92. The largest absolute Gasteiger partial charge is 0.465 e. The minimum atomic E-state index is -1.27. The summed E-state index contributed by atoms with van der Waals surface area (Å²) in [4.78, 5) is 49.5. The summed E-state index contributed by atoms with van der Waals surface area (Å²) in [5.41, 5.74) is -1.27. The lowest BCUT2D eigenvalue weighted by Gasteiger charge is -2.31. The normalized spacial score (nSPS) is 11.2. The maximum Gasteiger partial charge on any atom is 0.330 e. The first-order valence-corrected chi connectivity index (χ1v) is 22.7. The number of unbranched alkanes of at least 4 members (excludes halogenated alkanes) is 28. The van der Waals surface area contributed by atoms with E-state index in [1.54, 1.807) is 0 Å². The van der Waals surface area contributed by atoms with Gasteiger partial charge in [-0.3, -0.25) is 9.59 Å². The SMILES string of the molecule is C=CC(=O)OCC(COC(=O)C=C)(COC(=O)CCCCCCCCCCCCCCCCC)COC(=O)CCCCCCCCCCCCCCCCC. The molecule has 320 valence electrons. The molecular weight excluding hydrogens is 693 g/mol. The number of hydrogen-bond acceptors (Lipinski definition) is 8. The zero-order valence-electron chi connectivity index (χ0n) is 35.8. The Morgan fingerprint density at radius 3 is 0.818 bits per heavy atom. The fraction of sp³-hybridized carbons (Fsp3) is 0.830. The summed E-state index contributed by atoms with van der Waals surface area (Å²) in [5, 5.41) is 0. The van der Waals surface area contributed by atoms with Gasteiger partial charge in [0.2, 0.25) is 0 Å². The van der Waals surface area contributed by atoms with Crippen LogP contribution in [0, 0.1) is 5.41 Å². The van der Waals surface area contributed by atoms with Crippen LogP contribution in [0.4, 0.5) is 0 Å². The average Bonchev–Trinajstić information content (AvgIpc) is 3.19. The molecule has 8 heteroatoms. The second-order valence-corrected chi connectivity index (χ2v) is 15.8. The van der Waals surface area contributed by atoms with E-state index in [9.17, 15) is 19.2 Å². The van der Waals surface area contributed by atoms with Gasteiger partial charge in [0.15, 0.2) is 0 Å². The smallest absolute Gasteiger partial charge is 0.330 e. The second-order valence-electron chi connectivity index (χ2n) is 15.8. The molecule has 0 aromatic heterocycles. The molecule has 0 aliphatic carbocycles. The highest BCUT2D eigenvalue weighted by molar-refractivity contribution is 5.81. The maximum atomic E-state index is 12.7. The average molecular weight is 777 g/mol. The van der Waals surface area contributed by atoms with E-state index in [0.717, 1.165) is 50.7 Å². The van der Waals surface area contributed by atoms with Gasteiger partial charge in [-0.2, -0.15) is 0 Å². The van der Waals surface area contributed by atoms with Gasteiger partial charge in [-0.1, -0.05) is 207 Å². The van der Waals surface area contributed by atoms with Crippen molar-refractivity contribution in [1.29, 1.82) is 0 Å². The lowest BCUT2D eigenvalue weighted by molar-refractivity contribution is -0.167. The zero-order chi connectivity index (χ0) is 40.5. The first-order valence-electron chi connectivity index (χ1n) is 22.7. The van der Waals surface area contributed by atoms with E-state index in [0.29, 0.717) is 0 Å². The number of carbonyl (C=O) groups excluding carboxylic acids is 4. The van der Waals surface area contributed by atoms with Crippen molar-refractivity contribution >= 4 is 23.9 Å². The highest BCUT2D eigenvalue weighted by Gasteiger charge is 2.37. The van der Waals surface area contributed by atoms with Crippen molar-refractivity contribution in [3.05, 3.63) is 25.3 Å². The molecule has 0 aromatic rings.